The van der Waals surface area contributed by atoms with Gasteiger partial charge in [-0.2, -0.15) is 0 Å². The van der Waals surface area contributed by atoms with Crippen LogP contribution in [-0.4, -0.2) is 19.8 Å². The maximum Gasteiger partial charge on any atom is 0.0931 e. The van der Waals surface area contributed by atoms with Crippen molar-refractivity contribution in [2.75, 3.05) is 19.8 Å². The molecule has 0 aliphatic carbocycles. The lowest BCUT2D eigenvalue weighted by Gasteiger charge is -2.17. The molecule has 0 radical (unpaired) electrons. The Labute approximate surface area is 132 Å². The third-order valence-electron chi connectivity index (χ3n) is 3.63. The molecule has 0 aromatic carbocycles. The van der Waals surface area contributed by atoms with Crippen LogP contribution < -0.4 is 5.32 Å². The Morgan fingerprint density at radius 2 is 2.30 bits per heavy atom. The van der Waals surface area contributed by atoms with E-state index in [1.165, 1.54) is 22.6 Å². The fraction of sp³-hybridized carbons (Fsp3) is 0.467. The summed E-state index contributed by atoms with van der Waals surface area (Å²) in [6, 6.07) is 8.68. The molecule has 20 heavy (non-hydrogen) atoms. The summed E-state index contributed by atoms with van der Waals surface area (Å²) in [5, 5.41) is 5.81. The molecule has 0 saturated carbocycles. The van der Waals surface area contributed by atoms with Crippen molar-refractivity contribution in [2.24, 2.45) is 5.92 Å². The molecular formula is C15H18ClNOS2. The lowest BCUT2D eigenvalue weighted by molar-refractivity contribution is 0.184. The monoisotopic (exact) mass is 327 g/mol. The van der Waals surface area contributed by atoms with Crippen LogP contribution in [0.15, 0.2) is 29.6 Å². The van der Waals surface area contributed by atoms with Gasteiger partial charge in [0.05, 0.1) is 10.4 Å². The minimum absolute atomic E-state index is 0.273. The highest BCUT2D eigenvalue weighted by atomic mass is 35.5. The Morgan fingerprint density at radius 1 is 1.35 bits per heavy atom. The van der Waals surface area contributed by atoms with Crippen molar-refractivity contribution in [3.8, 4) is 0 Å². The average molecular weight is 328 g/mol. The van der Waals surface area contributed by atoms with Gasteiger partial charge < -0.3 is 10.1 Å². The standard InChI is InChI=1S/C15H18ClNOS2/c16-14-4-3-13(20-14)15(12-2-1-9-19-12)17-7-5-11-6-8-18-10-11/h1-4,9,11,15,17H,5-8,10H2. The molecule has 3 heterocycles. The summed E-state index contributed by atoms with van der Waals surface area (Å²) in [4.78, 5) is 2.64. The summed E-state index contributed by atoms with van der Waals surface area (Å²) in [6.07, 6.45) is 2.39. The molecule has 1 aliphatic heterocycles. The molecular weight excluding hydrogens is 310 g/mol. The zero-order valence-electron chi connectivity index (χ0n) is 11.2. The summed E-state index contributed by atoms with van der Waals surface area (Å²) in [5.41, 5.74) is 0. The largest absolute Gasteiger partial charge is 0.381 e. The summed E-state index contributed by atoms with van der Waals surface area (Å²) in [7, 11) is 0. The summed E-state index contributed by atoms with van der Waals surface area (Å²) in [5.74, 6) is 0.721. The third kappa shape index (κ3) is 3.62. The van der Waals surface area contributed by atoms with Gasteiger partial charge >= 0.3 is 0 Å². The van der Waals surface area contributed by atoms with Gasteiger partial charge in [-0.25, -0.2) is 0 Å². The molecule has 1 aliphatic rings. The molecule has 1 fully saturated rings. The van der Waals surface area contributed by atoms with Crippen molar-refractivity contribution < 1.29 is 4.74 Å². The molecule has 2 atom stereocenters. The fourth-order valence-electron chi connectivity index (χ4n) is 2.52. The molecule has 0 bridgehead atoms. The third-order valence-corrected chi connectivity index (χ3v) is 5.86. The lowest BCUT2D eigenvalue weighted by Crippen LogP contribution is -2.23. The van der Waals surface area contributed by atoms with Gasteiger partial charge in [0.1, 0.15) is 0 Å². The molecule has 0 amide bonds. The molecule has 5 heteroatoms. The van der Waals surface area contributed by atoms with E-state index in [2.05, 4.69) is 28.9 Å². The van der Waals surface area contributed by atoms with E-state index in [0.29, 0.717) is 0 Å². The van der Waals surface area contributed by atoms with Crippen LogP contribution in [0.25, 0.3) is 0 Å². The van der Waals surface area contributed by atoms with Crippen molar-refractivity contribution >= 4 is 34.3 Å². The zero-order valence-corrected chi connectivity index (χ0v) is 13.6. The highest BCUT2D eigenvalue weighted by molar-refractivity contribution is 7.16. The number of hydrogen-bond acceptors (Lipinski definition) is 4. The van der Waals surface area contributed by atoms with Crippen molar-refractivity contribution in [3.63, 3.8) is 0 Å². The number of nitrogens with one attached hydrogen (secondary N) is 1. The normalized spacial score (nSPS) is 20.4. The van der Waals surface area contributed by atoms with Gasteiger partial charge in [0.25, 0.3) is 0 Å². The van der Waals surface area contributed by atoms with E-state index in [-0.39, 0.29) is 6.04 Å². The van der Waals surface area contributed by atoms with E-state index in [1.54, 1.807) is 22.7 Å². The number of hydrogen-bond donors (Lipinski definition) is 1. The van der Waals surface area contributed by atoms with Gasteiger partial charge in [0, 0.05) is 23.0 Å². The van der Waals surface area contributed by atoms with E-state index in [0.717, 1.165) is 30.0 Å². The Hall–Kier alpha value is -0.390. The molecule has 1 N–H and O–H groups in total. The van der Waals surface area contributed by atoms with Crippen molar-refractivity contribution in [1.82, 2.24) is 5.32 Å². The second-order valence-corrected chi connectivity index (χ2v) is 7.79. The SMILES string of the molecule is Clc1ccc(C(NCCC2CCOC2)c2cccs2)s1. The quantitative estimate of drug-likeness (QED) is 0.839. The van der Waals surface area contributed by atoms with Gasteiger partial charge in [-0.3, -0.25) is 0 Å². The molecule has 3 rings (SSSR count). The van der Waals surface area contributed by atoms with Crippen LogP contribution in [0.5, 0.6) is 0 Å². The Bertz CT molecular complexity index is 520. The lowest BCUT2D eigenvalue weighted by atomic mass is 10.0. The summed E-state index contributed by atoms with van der Waals surface area (Å²) < 4.78 is 6.29. The molecule has 1 saturated heterocycles. The number of halogens is 1. The smallest absolute Gasteiger partial charge is 0.0931 e. The van der Waals surface area contributed by atoms with Gasteiger partial charge in [-0.05, 0) is 48.9 Å². The minimum Gasteiger partial charge on any atom is -0.381 e. The molecule has 2 unspecified atom stereocenters. The Morgan fingerprint density at radius 3 is 2.95 bits per heavy atom. The molecule has 0 spiro atoms. The van der Waals surface area contributed by atoms with Crippen LogP contribution in [0.1, 0.15) is 28.6 Å². The van der Waals surface area contributed by atoms with Crippen molar-refractivity contribution in [1.29, 1.82) is 0 Å². The maximum atomic E-state index is 6.08. The maximum absolute atomic E-state index is 6.08. The highest BCUT2D eigenvalue weighted by Gasteiger charge is 2.19. The van der Waals surface area contributed by atoms with Crippen LogP contribution in [0.4, 0.5) is 0 Å². The van der Waals surface area contributed by atoms with E-state index < -0.39 is 0 Å². The number of rotatable bonds is 6. The van der Waals surface area contributed by atoms with E-state index in [9.17, 15) is 0 Å². The number of ether oxygens (including phenoxy) is 1. The van der Waals surface area contributed by atoms with Crippen LogP contribution in [-0.2, 0) is 4.74 Å². The first-order valence-corrected chi connectivity index (χ1v) is 9.00. The van der Waals surface area contributed by atoms with Crippen LogP contribution in [0.3, 0.4) is 0 Å². The predicted octanol–water partition coefficient (Wildman–Crippen LogP) is 4.57. The first kappa shape index (κ1) is 14.5. The van der Waals surface area contributed by atoms with Crippen LogP contribution >= 0.6 is 34.3 Å². The topological polar surface area (TPSA) is 21.3 Å². The van der Waals surface area contributed by atoms with Crippen molar-refractivity contribution in [3.05, 3.63) is 43.7 Å². The zero-order chi connectivity index (χ0) is 13.8. The molecule has 2 aromatic heterocycles. The van der Waals surface area contributed by atoms with Crippen LogP contribution in [0, 0.1) is 5.92 Å². The van der Waals surface area contributed by atoms with E-state index in [4.69, 9.17) is 16.3 Å². The van der Waals surface area contributed by atoms with Gasteiger partial charge in [-0.1, -0.05) is 17.7 Å². The van der Waals surface area contributed by atoms with E-state index >= 15 is 0 Å². The van der Waals surface area contributed by atoms with Gasteiger partial charge in [0.2, 0.25) is 0 Å². The van der Waals surface area contributed by atoms with Crippen molar-refractivity contribution in [2.45, 2.75) is 18.9 Å². The predicted molar refractivity (Wildman–Crippen MR) is 87.0 cm³/mol. The second kappa shape index (κ2) is 7.05. The van der Waals surface area contributed by atoms with Crippen LogP contribution in [0.2, 0.25) is 4.34 Å². The summed E-state index contributed by atoms with van der Waals surface area (Å²) >= 11 is 9.54. The van der Waals surface area contributed by atoms with Gasteiger partial charge in [-0.15, -0.1) is 22.7 Å². The summed E-state index contributed by atoms with van der Waals surface area (Å²) in [6.45, 7) is 2.88. The molecule has 2 aromatic rings. The Balaban J connectivity index is 1.63. The first-order chi connectivity index (χ1) is 9.83. The Kier molecular flexibility index (Phi) is 5.13. The molecule has 2 nitrogen and oxygen atoms in total. The fourth-order valence-corrected chi connectivity index (χ4v) is 4.57. The highest BCUT2D eigenvalue weighted by Crippen LogP contribution is 2.33. The minimum atomic E-state index is 0.273. The van der Waals surface area contributed by atoms with Gasteiger partial charge in [0.15, 0.2) is 0 Å². The number of thiophene rings is 2. The first-order valence-electron chi connectivity index (χ1n) is 6.92. The second-order valence-electron chi connectivity index (χ2n) is 5.06. The average Bonchev–Trinajstić information content (AvgIpc) is 3.17. The van der Waals surface area contributed by atoms with E-state index in [1.807, 2.05) is 6.07 Å². The molecule has 108 valence electrons.